The summed E-state index contributed by atoms with van der Waals surface area (Å²) in [4.78, 5) is 11.1. The highest BCUT2D eigenvalue weighted by atomic mass is 32.2. The normalized spacial score (nSPS) is 14.3. The summed E-state index contributed by atoms with van der Waals surface area (Å²) in [6.45, 7) is 7.96. The molecule has 4 rings (SSSR count). The Morgan fingerprint density at radius 3 is 2.60 bits per heavy atom. The molecule has 1 aliphatic rings. The van der Waals surface area contributed by atoms with Crippen molar-refractivity contribution in [1.82, 2.24) is 0 Å². The smallest absolute Gasteiger partial charge is 0.304 e. The van der Waals surface area contributed by atoms with Gasteiger partial charge in [0.15, 0.2) is 0 Å². The molecule has 0 unspecified atom stereocenters. The number of fused-ring (bicyclic) bond motifs is 1. The van der Waals surface area contributed by atoms with Gasteiger partial charge < -0.3 is 19.3 Å². The van der Waals surface area contributed by atoms with Crippen molar-refractivity contribution in [1.29, 1.82) is 0 Å². The van der Waals surface area contributed by atoms with Gasteiger partial charge in [0, 0.05) is 23.3 Å². The Kier molecular flexibility index (Phi) is 8.24. The first kappa shape index (κ1) is 25.0. The number of rotatable bonds is 11. The average Bonchev–Trinajstić information content (AvgIpc) is 3.22. The minimum Gasteiger partial charge on any atom is -0.493 e. The van der Waals surface area contributed by atoms with Gasteiger partial charge >= 0.3 is 5.97 Å². The molecule has 3 aromatic carbocycles. The van der Waals surface area contributed by atoms with E-state index in [-0.39, 0.29) is 12.3 Å². The van der Waals surface area contributed by atoms with Gasteiger partial charge in [0.2, 0.25) is 0 Å². The van der Waals surface area contributed by atoms with Crippen molar-refractivity contribution < 1.29 is 24.1 Å². The Hall–Kier alpha value is -3.12. The molecule has 0 bridgehead atoms. The van der Waals surface area contributed by atoms with Crippen LogP contribution >= 0.6 is 11.8 Å². The molecule has 35 heavy (non-hydrogen) atoms. The predicted molar refractivity (Wildman–Crippen MR) is 141 cm³/mol. The van der Waals surface area contributed by atoms with Gasteiger partial charge in [-0.15, -0.1) is 0 Å². The van der Waals surface area contributed by atoms with Crippen molar-refractivity contribution in [3.05, 3.63) is 76.9 Å². The summed E-state index contributed by atoms with van der Waals surface area (Å²) in [6.07, 6.45) is 0.0733. The van der Waals surface area contributed by atoms with Crippen molar-refractivity contribution in [2.24, 2.45) is 0 Å². The fourth-order valence-electron chi connectivity index (χ4n) is 4.54. The number of carbonyl (C=O) groups is 1. The van der Waals surface area contributed by atoms with E-state index >= 15 is 0 Å². The lowest BCUT2D eigenvalue weighted by atomic mass is 9.94. The predicted octanol–water partition coefficient (Wildman–Crippen LogP) is 6.63. The van der Waals surface area contributed by atoms with Gasteiger partial charge in [0.25, 0.3) is 0 Å². The molecule has 0 fully saturated rings. The largest absolute Gasteiger partial charge is 0.493 e. The molecule has 0 saturated heterocycles. The van der Waals surface area contributed by atoms with Crippen LogP contribution in [0.5, 0.6) is 17.2 Å². The van der Waals surface area contributed by atoms with Gasteiger partial charge in [-0.3, -0.25) is 4.79 Å². The standard InChI is InChI=1S/C29H32O5S/c1-4-35-11-10-32-25-12-19(2)29(20(3)13-25)22-7-5-6-21(14-22)17-33-24-8-9-26-23(15-28(30)31)18-34-27(26)16-24/h5-9,12-14,16,23H,4,10-11,15,17-18H2,1-3H3,(H,30,31)/t23-/m1/s1. The Balaban J connectivity index is 1.43. The van der Waals surface area contributed by atoms with Crippen LogP contribution in [0.25, 0.3) is 11.1 Å². The molecule has 184 valence electrons. The number of hydrogen-bond donors (Lipinski definition) is 1. The number of ether oxygens (including phenoxy) is 3. The van der Waals surface area contributed by atoms with E-state index in [1.165, 1.54) is 16.7 Å². The monoisotopic (exact) mass is 492 g/mol. The van der Waals surface area contributed by atoms with E-state index in [4.69, 9.17) is 19.3 Å². The molecule has 1 atom stereocenters. The molecule has 3 aromatic rings. The number of aliphatic carboxylic acids is 1. The van der Waals surface area contributed by atoms with E-state index in [0.29, 0.717) is 24.7 Å². The van der Waals surface area contributed by atoms with Crippen molar-refractivity contribution in [2.75, 3.05) is 24.7 Å². The zero-order valence-electron chi connectivity index (χ0n) is 20.5. The lowest BCUT2D eigenvalue weighted by Gasteiger charge is -2.15. The molecule has 1 heterocycles. The maximum Gasteiger partial charge on any atom is 0.304 e. The van der Waals surface area contributed by atoms with Crippen LogP contribution in [0.3, 0.4) is 0 Å². The van der Waals surface area contributed by atoms with Crippen LogP contribution in [0.4, 0.5) is 0 Å². The average molecular weight is 493 g/mol. The van der Waals surface area contributed by atoms with Crippen molar-refractivity contribution >= 4 is 17.7 Å². The third-order valence-corrected chi connectivity index (χ3v) is 6.98. The van der Waals surface area contributed by atoms with Gasteiger partial charge in [-0.25, -0.2) is 0 Å². The van der Waals surface area contributed by atoms with Crippen LogP contribution in [0, 0.1) is 13.8 Å². The summed E-state index contributed by atoms with van der Waals surface area (Å²) in [7, 11) is 0. The molecular formula is C29H32O5S. The Morgan fingerprint density at radius 1 is 1.06 bits per heavy atom. The second-order valence-electron chi connectivity index (χ2n) is 8.77. The second-order valence-corrected chi connectivity index (χ2v) is 10.2. The minimum atomic E-state index is -0.814. The summed E-state index contributed by atoms with van der Waals surface area (Å²) in [5, 5.41) is 9.08. The van der Waals surface area contributed by atoms with E-state index in [9.17, 15) is 4.79 Å². The van der Waals surface area contributed by atoms with E-state index < -0.39 is 5.97 Å². The van der Waals surface area contributed by atoms with Crippen LogP contribution in [0.2, 0.25) is 0 Å². The summed E-state index contributed by atoms with van der Waals surface area (Å²) in [5.74, 6) is 3.53. The van der Waals surface area contributed by atoms with Crippen LogP contribution in [-0.4, -0.2) is 35.8 Å². The fraction of sp³-hybridized carbons (Fsp3) is 0.345. The number of carboxylic acid groups (broad SMARTS) is 1. The summed E-state index contributed by atoms with van der Waals surface area (Å²) in [5.41, 5.74) is 6.76. The molecule has 0 spiro atoms. The maximum absolute atomic E-state index is 11.1. The Bertz CT molecular complexity index is 1170. The molecule has 1 aliphatic heterocycles. The first-order valence-corrected chi connectivity index (χ1v) is 13.1. The molecule has 0 amide bonds. The van der Waals surface area contributed by atoms with E-state index in [2.05, 4.69) is 57.2 Å². The first-order chi connectivity index (χ1) is 16.9. The Labute approximate surface area is 211 Å². The summed E-state index contributed by atoms with van der Waals surface area (Å²) < 4.78 is 17.7. The SMILES string of the molecule is CCSCCOc1cc(C)c(-c2cccc(COc3ccc4c(c3)OC[C@H]4CC(=O)O)c2)c(C)c1. The van der Waals surface area contributed by atoms with Gasteiger partial charge in [0.1, 0.15) is 23.9 Å². The molecule has 0 radical (unpaired) electrons. The first-order valence-electron chi connectivity index (χ1n) is 12.0. The number of carboxylic acids is 1. The van der Waals surface area contributed by atoms with Crippen LogP contribution in [-0.2, 0) is 11.4 Å². The molecule has 6 heteroatoms. The molecule has 5 nitrogen and oxygen atoms in total. The van der Waals surface area contributed by atoms with E-state index in [1.54, 1.807) is 0 Å². The van der Waals surface area contributed by atoms with Crippen LogP contribution in [0.1, 0.15) is 41.5 Å². The molecular weight excluding hydrogens is 460 g/mol. The highest BCUT2D eigenvalue weighted by molar-refractivity contribution is 7.99. The minimum absolute atomic E-state index is 0.0733. The third kappa shape index (κ3) is 6.31. The lowest BCUT2D eigenvalue weighted by molar-refractivity contribution is -0.137. The number of aryl methyl sites for hydroxylation is 2. The van der Waals surface area contributed by atoms with Gasteiger partial charge in [-0.2, -0.15) is 11.8 Å². The van der Waals surface area contributed by atoms with E-state index in [0.717, 1.165) is 40.6 Å². The van der Waals surface area contributed by atoms with E-state index in [1.807, 2.05) is 30.0 Å². The molecule has 0 aliphatic carbocycles. The van der Waals surface area contributed by atoms with Gasteiger partial charge in [-0.05, 0) is 71.7 Å². The number of hydrogen-bond acceptors (Lipinski definition) is 5. The summed E-state index contributed by atoms with van der Waals surface area (Å²) >= 11 is 1.88. The van der Waals surface area contributed by atoms with Gasteiger partial charge in [-0.1, -0.05) is 31.2 Å². The van der Waals surface area contributed by atoms with Gasteiger partial charge in [0.05, 0.1) is 19.6 Å². The maximum atomic E-state index is 11.1. The lowest BCUT2D eigenvalue weighted by Crippen LogP contribution is -2.07. The van der Waals surface area contributed by atoms with Crippen molar-refractivity contribution in [2.45, 2.75) is 39.7 Å². The second kappa shape index (κ2) is 11.5. The summed E-state index contributed by atoms with van der Waals surface area (Å²) in [6, 6.07) is 18.3. The number of thioether (sulfide) groups is 1. The van der Waals surface area contributed by atoms with Crippen LogP contribution in [0.15, 0.2) is 54.6 Å². The van der Waals surface area contributed by atoms with Crippen LogP contribution < -0.4 is 14.2 Å². The topological polar surface area (TPSA) is 65.0 Å². The fourth-order valence-corrected chi connectivity index (χ4v) is 5.02. The van der Waals surface area contributed by atoms with Crippen molar-refractivity contribution in [3.8, 4) is 28.4 Å². The number of benzene rings is 3. The molecule has 0 aromatic heterocycles. The van der Waals surface area contributed by atoms with Crippen molar-refractivity contribution in [3.63, 3.8) is 0 Å². The Morgan fingerprint density at radius 2 is 1.86 bits per heavy atom. The quantitative estimate of drug-likeness (QED) is 0.303. The third-order valence-electron chi connectivity index (χ3n) is 6.11. The highest BCUT2D eigenvalue weighted by Crippen LogP contribution is 2.38. The molecule has 1 N–H and O–H groups in total. The highest BCUT2D eigenvalue weighted by Gasteiger charge is 2.26. The zero-order chi connectivity index (χ0) is 24.8. The zero-order valence-corrected chi connectivity index (χ0v) is 21.3. The molecule has 0 saturated carbocycles.